The largest absolute Gasteiger partial charge is 0.504 e. The van der Waals surface area contributed by atoms with Gasteiger partial charge in [0.25, 0.3) is 0 Å². The van der Waals surface area contributed by atoms with Gasteiger partial charge in [-0.25, -0.2) is 24.0 Å². The second kappa shape index (κ2) is 18.3. The van der Waals surface area contributed by atoms with E-state index in [9.17, 15) is 101 Å². The standard InChI is InChI=1S/C41H32O26/c42-17-1-12(2-18(43)28(17)52)36(57)62-11-27-33(64-37(58)13-3-19(44)29(53)20(45)4-13)34(65-38(59)14-5-21(46)30(54)22(47)6-14)35(66-39(60)15-7-23(48)31(55)24(49)8-15)41(63-27)67-40(61)16-9-25(50)32(56)26(51)10-16/h1-10,27,33-35,41-56H,11H2/t27-,33+,34+,35-,41?/m1/s1. The summed E-state index contributed by atoms with van der Waals surface area (Å²) in [5.41, 5.74) is -3.88. The van der Waals surface area contributed by atoms with E-state index in [1.807, 2.05) is 0 Å². The Labute approximate surface area is 370 Å². The lowest BCUT2D eigenvalue weighted by Gasteiger charge is -2.43. The minimum Gasteiger partial charge on any atom is -0.504 e. The molecule has 0 amide bonds. The zero-order chi connectivity index (χ0) is 49.3. The van der Waals surface area contributed by atoms with Crippen molar-refractivity contribution < 1.29 is 129 Å². The molecule has 5 aromatic carbocycles. The maximum absolute atomic E-state index is 13.9. The maximum atomic E-state index is 13.9. The molecule has 352 valence electrons. The molecule has 1 heterocycles. The number of hydrogen-bond donors (Lipinski definition) is 15. The van der Waals surface area contributed by atoms with E-state index in [0.717, 1.165) is 0 Å². The van der Waals surface area contributed by atoms with Gasteiger partial charge in [0, 0.05) is 0 Å². The van der Waals surface area contributed by atoms with Crippen molar-refractivity contribution in [2.24, 2.45) is 0 Å². The molecule has 0 aliphatic carbocycles. The minimum absolute atomic E-state index is 0.534. The predicted octanol–water partition coefficient (Wildman–Crippen LogP) is 1.69. The van der Waals surface area contributed by atoms with Crippen molar-refractivity contribution in [2.75, 3.05) is 6.61 Å². The van der Waals surface area contributed by atoms with Crippen molar-refractivity contribution in [3.8, 4) is 86.2 Å². The number of hydrogen-bond acceptors (Lipinski definition) is 26. The van der Waals surface area contributed by atoms with Crippen LogP contribution in [0.1, 0.15) is 51.8 Å². The number of aromatic hydroxyl groups is 15. The van der Waals surface area contributed by atoms with E-state index in [-0.39, 0.29) is 0 Å². The quantitative estimate of drug-likeness (QED) is 0.0509. The normalized spacial score (nSPS) is 17.7. The molecule has 1 fully saturated rings. The summed E-state index contributed by atoms with van der Waals surface area (Å²) in [6.45, 7) is -1.25. The third-order valence-electron chi connectivity index (χ3n) is 9.45. The lowest BCUT2D eigenvalue weighted by molar-refractivity contribution is -0.282. The van der Waals surface area contributed by atoms with Gasteiger partial charge in [-0.15, -0.1) is 0 Å². The van der Waals surface area contributed by atoms with Crippen LogP contribution in [0.3, 0.4) is 0 Å². The Kier molecular flexibility index (Phi) is 12.8. The molecule has 5 aromatic rings. The number of ether oxygens (including phenoxy) is 6. The summed E-state index contributed by atoms with van der Waals surface area (Å²) in [6, 6.07) is 5.60. The van der Waals surface area contributed by atoms with E-state index in [1.165, 1.54) is 0 Å². The van der Waals surface area contributed by atoms with Gasteiger partial charge < -0.3 is 105 Å². The highest BCUT2D eigenvalue weighted by Gasteiger charge is 2.55. The summed E-state index contributed by atoms with van der Waals surface area (Å²) in [7, 11) is 0. The Balaban J connectivity index is 1.52. The monoisotopic (exact) mass is 940 g/mol. The second-order valence-corrected chi connectivity index (χ2v) is 14.0. The smallest absolute Gasteiger partial charge is 0.340 e. The van der Waals surface area contributed by atoms with Crippen molar-refractivity contribution in [1.29, 1.82) is 0 Å². The minimum atomic E-state index is -2.56. The fourth-order valence-electron chi connectivity index (χ4n) is 6.11. The summed E-state index contributed by atoms with van der Waals surface area (Å²) in [5.74, 6) is -24.5. The van der Waals surface area contributed by atoms with Crippen LogP contribution in [0.15, 0.2) is 60.7 Å². The van der Waals surface area contributed by atoms with Crippen molar-refractivity contribution in [3.63, 3.8) is 0 Å². The van der Waals surface area contributed by atoms with E-state index in [0.29, 0.717) is 60.7 Å². The zero-order valence-electron chi connectivity index (χ0n) is 33.1. The molecule has 26 heteroatoms. The molecule has 1 aliphatic heterocycles. The van der Waals surface area contributed by atoms with Crippen molar-refractivity contribution in [3.05, 3.63) is 88.5 Å². The van der Waals surface area contributed by atoms with Crippen LogP contribution < -0.4 is 0 Å². The first-order chi connectivity index (χ1) is 31.4. The van der Waals surface area contributed by atoms with E-state index < -0.39 is 181 Å². The molecule has 67 heavy (non-hydrogen) atoms. The zero-order valence-corrected chi connectivity index (χ0v) is 33.1. The van der Waals surface area contributed by atoms with Gasteiger partial charge >= 0.3 is 29.8 Å². The third kappa shape index (κ3) is 9.67. The first-order valence-electron chi connectivity index (χ1n) is 18.4. The van der Waals surface area contributed by atoms with Crippen LogP contribution in [0.4, 0.5) is 0 Å². The van der Waals surface area contributed by atoms with E-state index in [1.54, 1.807) is 0 Å². The Morgan fingerprint density at radius 3 is 0.881 bits per heavy atom. The lowest BCUT2D eigenvalue weighted by atomic mass is 9.97. The molecule has 0 saturated carbocycles. The number of phenols is 15. The van der Waals surface area contributed by atoms with Gasteiger partial charge in [0.2, 0.25) is 12.4 Å². The molecule has 5 atom stereocenters. The van der Waals surface area contributed by atoms with Crippen LogP contribution in [0.25, 0.3) is 0 Å². The predicted molar refractivity (Wildman–Crippen MR) is 209 cm³/mol. The Morgan fingerprint density at radius 1 is 0.343 bits per heavy atom. The van der Waals surface area contributed by atoms with Gasteiger partial charge in [0.1, 0.15) is 12.7 Å². The molecule has 0 radical (unpaired) electrons. The molecule has 15 N–H and O–H groups in total. The number of carbonyl (C=O) groups is 5. The van der Waals surface area contributed by atoms with Crippen LogP contribution in [0.5, 0.6) is 86.2 Å². The van der Waals surface area contributed by atoms with Crippen molar-refractivity contribution >= 4 is 29.8 Å². The Morgan fingerprint density at radius 2 is 0.582 bits per heavy atom. The fourth-order valence-corrected chi connectivity index (χ4v) is 6.11. The lowest BCUT2D eigenvalue weighted by Crippen LogP contribution is -2.63. The highest BCUT2D eigenvalue weighted by atomic mass is 16.7. The van der Waals surface area contributed by atoms with E-state index in [4.69, 9.17) is 28.4 Å². The van der Waals surface area contributed by atoms with Crippen LogP contribution in [0, 0.1) is 0 Å². The molecular formula is C41H32O26. The number of rotatable bonds is 11. The fraction of sp³-hybridized carbons (Fsp3) is 0.146. The molecule has 0 spiro atoms. The molecule has 1 aliphatic rings. The van der Waals surface area contributed by atoms with Crippen molar-refractivity contribution in [1.82, 2.24) is 0 Å². The number of esters is 5. The molecule has 1 unspecified atom stereocenters. The van der Waals surface area contributed by atoms with Gasteiger partial charge in [-0.1, -0.05) is 0 Å². The second-order valence-electron chi connectivity index (χ2n) is 14.0. The average molecular weight is 941 g/mol. The molecular weight excluding hydrogens is 908 g/mol. The summed E-state index contributed by atoms with van der Waals surface area (Å²) in [4.78, 5) is 68.5. The van der Waals surface area contributed by atoms with Crippen molar-refractivity contribution in [2.45, 2.75) is 30.7 Å². The number of benzene rings is 5. The first kappa shape index (κ1) is 46.9. The van der Waals surface area contributed by atoms with Gasteiger partial charge in [0.15, 0.2) is 98.5 Å². The summed E-state index contributed by atoms with van der Waals surface area (Å²) < 4.78 is 33.2. The van der Waals surface area contributed by atoms with Gasteiger partial charge in [-0.05, 0) is 60.7 Å². The highest BCUT2D eigenvalue weighted by molar-refractivity contribution is 5.94. The molecule has 6 rings (SSSR count). The van der Waals surface area contributed by atoms with E-state index in [2.05, 4.69) is 0 Å². The van der Waals surface area contributed by atoms with Crippen LogP contribution in [-0.4, -0.2) is 144 Å². The Bertz CT molecular complexity index is 2720. The third-order valence-corrected chi connectivity index (χ3v) is 9.45. The first-order valence-corrected chi connectivity index (χ1v) is 18.4. The summed E-state index contributed by atoms with van der Waals surface area (Å²) >= 11 is 0. The highest BCUT2D eigenvalue weighted by Crippen LogP contribution is 2.41. The molecule has 0 bridgehead atoms. The van der Waals surface area contributed by atoms with Gasteiger partial charge in [-0.2, -0.15) is 0 Å². The summed E-state index contributed by atoms with van der Waals surface area (Å²) in [5, 5.41) is 150. The number of carbonyl (C=O) groups excluding carboxylic acids is 5. The molecule has 26 nitrogen and oxygen atoms in total. The van der Waals surface area contributed by atoms with Crippen LogP contribution in [-0.2, 0) is 28.4 Å². The topological polar surface area (TPSA) is 444 Å². The SMILES string of the molecule is O=C(OC[C@H]1OC(OC(=O)c2cc(O)c(O)c(O)c2)[C@H](OC(=O)c2cc(O)c(O)c(O)c2)[C@@H](OC(=O)c2cc(O)c(O)c(O)c2)[C@H]1OC(=O)c1cc(O)c(O)c(O)c1)c1cc(O)c(O)c(O)c1. The Hall–Kier alpha value is -9.59. The average Bonchev–Trinajstić information content (AvgIpc) is 3.27. The van der Waals surface area contributed by atoms with Gasteiger partial charge in [0.05, 0.1) is 27.8 Å². The van der Waals surface area contributed by atoms with Crippen LogP contribution in [0.2, 0.25) is 0 Å². The van der Waals surface area contributed by atoms with Crippen LogP contribution >= 0.6 is 0 Å². The maximum Gasteiger partial charge on any atom is 0.340 e. The van der Waals surface area contributed by atoms with E-state index >= 15 is 0 Å². The molecule has 0 aromatic heterocycles. The summed E-state index contributed by atoms with van der Waals surface area (Å²) in [6.07, 6.45) is -12.2. The van der Waals surface area contributed by atoms with Gasteiger partial charge in [-0.3, -0.25) is 0 Å². The number of phenolic OH excluding ortho intramolecular Hbond substituents is 15. The molecule has 1 saturated heterocycles.